The molecule has 0 aliphatic heterocycles. The van der Waals surface area contributed by atoms with Crippen LogP contribution in [0.2, 0.25) is 0 Å². The summed E-state index contributed by atoms with van der Waals surface area (Å²) in [6.45, 7) is 6.65. The van der Waals surface area contributed by atoms with E-state index in [2.05, 4.69) is 34.6 Å². The van der Waals surface area contributed by atoms with Crippen LogP contribution in [0.1, 0.15) is 39.4 Å². The van der Waals surface area contributed by atoms with Crippen LogP contribution in [0, 0.1) is 5.92 Å². The Morgan fingerprint density at radius 1 is 1.21 bits per heavy atom. The lowest BCUT2D eigenvalue weighted by atomic mass is 9.97. The summed E-state index contributed by atoms with van der Waals surface area (Å²) >= 11 is 0. The maximum atomic E-state index is 10.1. The Hall–Kier alpha value is -1.40. The van der Waals surface area contributed by atoms with Gasteiger partial charge in [-0.3, -0.25) is 0 Å². The zero-order chi connectivity index (χ0) is 14.3. The fourth-order valence-corrected chi connectivity index (χ4v) is 2.03. The van der Waals surface area contributed by atoms with E-state index in [4.69, 9.17) is 5.84 Å². The molecule has 0 amide bonds. The van der Waals surface area contributed by atoms with Gasteiger partial charge in [-0.1, -0.05) is 33.6 Å². The number of nitrogens with zero attached hydrogens (tertiary/aromatic N) is 2. The van der Waals surface area contributed by atoms with Crippen molar-refractivity contribution >= 4 is 11.6 Å². The lowest BCUT2D eigenvalue weighted by molar-refractivity contribution is 0.114. The molecule has 0 saturated carbocycles. The average Bonchev–Trinajstić information content (AvgIpc) is 2.45. The first kappa shape index (κ1) is 15.7. The summed E-state index contributed by atoms with van der Waals surface area (Å²) in [5, 5.41) is 13.2. The number of aliphatic hydroxyl groups excluding tert-OH is 1. The minimum Gasteiger partial charge on any atom is -0.391 e. The number of hydrogen-bond donors (Lipinski definition) is 4. The second-order valence-electron chi connectivity index (χ2n) is 4.58. The molecule has 1 aromatic rings. The van der Waals surface area contributed by atoms with Gasteiger partial charge in [-0.2, -0.15) is 0 Å². The zero-order valence-electron chi connectivity index (χ0n) is 12.0. The van der Waals surface area contributed by atoms with E-state index in [9.17, 15) is 5.11 Å². The maximum absolute atomic E-state index is 10.1. The van der Waals surface area contributed by atoms with Crippen molar-refractivity contribution in [2.45, 2.75) is 46.1 Å². The molecule has 1 unspecified atom stereocenters. The van der Waals surface area contributed by atoms with Gasteiger partial charge < -0.3 is 15.8 Å². The molecule has 0 spiro atoms. The van der Waals surface area contributed by atoms with E-state index in [0.29, 0.717) is 24.1 Å². The third-order valence-corrected chi connectivity index (χ3v) is 3.32. The normalized spacial score (nSPS) is 12.5. The largest absolute Gasteiger partial charge is 0.391 e. The highest BCUT2D eigenvalue weighted by atomic mass is 16.3. The minimum absolute atomic E-state index is 0.312. The third-order valence-electron chi connectivity index (χ3n) is 3.32. The topological polar surface area (TPSA) is 96.1 Å². The molecule has 1 atom stereocenters. The van der Waals surface area contributed by atoms with Crippen LogP contribution in [0.5, 0.6) is 0 Å². The average molecular weight is 267 g/mol. The molecule has 0 fully saturated rings. The van der Waals surface area contributed by atoms with Crippen LogP contribution < -0.4 is 16.6 Å². The molecule has 0 saturated heterocycles. The summed E-state index contributed by atoms with van der Waals surface area (Å²) in [5.41, 5.74) is 2.52. The van der Waals surface area contributed by atoms with Crippen molar-refractivity contribution in [2.75, 3.05) is 17.3 Å². The highest BCUT2D eigenvalue weighted by Gasteiger charge is 2.15. The van der Waals surface area contributed by atoms with E-state index in [1.165, 1.54) is 0 Å². The number of aliphatic hydroxyl groups is 1. The highest BCUT2D eigenvalue weighted by molar-refractivity contribution is 5.46. The van der Waals surface area contributed by atoms with Crippen molar-refractivity contribution in [3.63, 3.8) is 0 Å². The van der Waals surface area contributed by atoms with Crippen molar-refractivity contribution in [3.8, 4) is 0 Å². The Morgan fingerprint density at radius 3 is 2.37 bits per heavy atom. The van der Waals surface area contributed by atoms with Gasteiger partial charge >= 0.3 is 0 Å². The second kappa shape index (κ2) is 7.91. The predicted octanol–water partition coefficient (Wildman–Crippen LogP) is 1.53. The van der Waals surface area contributed by atoms with E-state index in [0.717, 1.165) is 25.1 Å². The van der Waals surface area contributed by atoms with E-state index < -0.39 is 0 Å². The molecule has 1 aromatic heterocycles. The molecule has 1 heterocycles. The summed E-state index contributed by atoms with van der Waals surface area (Å²) in [6.07, 6.45) is 2.31. The van der Waals surface area contributed by atoms with E-state index in [1.54, 1.807) is 6.07 Å². The smallest absolute Gasteiger partial charge is 0.145 e. The molecule has 0 bridgehead atoms. The SMILES string of the molecule is CCc1nc(NN)cc(NCC(O)C(CC)CC)n1. The molecule has 0 aromatic carbocycles. The van der Waals surface area contributed by atoms with E-state index in [1.807, 2.05) is 6.92 Å². The molecule has 5 N–H and O–H groups in total. The quantitative estimate of drug-likeness (QED) is 0.421. The van der Waals surface area contributed by atoms with Gasteiger partial charge in [0.2, 0.25) is 0 Å². The van der Waals surface area contributed by atoms with Crippen LogP contribution in [0.15, 0.2) is 6.07 Å². The van der Waals surface area contributed by atoms with Crippen molar-refractivity contribution in [1.29, 1.82) is 0 Å². The number of nitrogens with two attached hydrogens (primary N) is 1. The maximum Gasteiger partial charge on any atom is 0.145 e. The van der Waals surface area contributed by atoms with Gasteiger partial charge in [-0.05, 0) is 5.92 Å². The summed E-state index contributed by atoms with van der Waals surface area (Å²) in [6, 6.07) is 1.73. The van der Waals surface area contributed by atoms with Gasteiger partial charge in [0.1, 0.15) is 17.5 Å². The Bertz CT molecular complexity index is 359. The number of hydrogen-bond acceptors (Lipinski definition) is 6. The van der Waals surface area contributed by atoms with Crippen molar-refractivity contribution < 1.29 is 5.11 Å². The molecule has 108 valence electrons. The molecule has 0 radical (unpaired) electrons. The Balaban J connectivity index is 2.66. The monoisotopic (exact) mass is 267 g/mol. The molecule has 1 rings (SSSR count). The van der Waals surface area contributed by atoms with Crippen LogP contribution in [0.4, 0.5) is 11.6 Å². The lowest BCUT2D eigenvalue weighted by Gasteiger charge is -2.20. The standard InChI is InChI=1S/C13H25N5O/c1-4-9(5-2)10(19)8-15-12-7-13(18-14)17-11(6-3)16-12/h7,9-10,19H,4-6,8,14H2,1-3H3,(H2,15,16,17,18). The highest BCUT2D eigenvalue weighted by Crippen LogP contribution is 2.15. The van der Waals surface area contributed by atoms with E-state index in [-0.39, 0.29) is 6.10 Å². The minimum atomic E-state index is -0.371. The number of aromatic nitrogens is 2. The summed E-state index contributed by atoms with van der Waals surface area (Å²) in [7, 11) is 0. The van der Waals surface area contributed by atoms with Crippen LogP contribution in [-0.4, -0.2) is 27.7 Å². The molecular formula is C13H25N5O. The van der Waals surface area contributed by atoms with Gasteiger partial charge in [0.25, 0.3) is 0 Å². The number of nitrogen functional groups attached to an aromatic ring is 1. The first-order valence-electron chi connectivity index (χ1n) is 6.91. The number of anilines is 2. The third kappa shape index (κ3) is 4.65. The number of rotatable bonds is 8. The lowest BCUT2D eigenvalue weighted by Crippen LogP contribution is -2.28. The van der Waals surface area contributed by atoms with Crippen molar-refractivity contribution in [2.24, 2.45) is 11.8 Å². The summed E-state index contributed by atoms with van der Waals surface area (Å²) in [4.78, 5) is 8.57. The predicted molar refractivity (Wildman–Crippen MR) is 77.8 cm³/mol. The Kier molecular flexibility index (Phi) is 6.52. The number of aryl methyl sites for hydroxylation is 1. The molecule has 19 heavy (non-hydrogen) atoms. The molecule has 0 aliphatic carbocycles. The van der Waals surface area contributed by atoms with E-state index >= 15 is 0 Å². The number of hydrazine groups is 1. The first-order chi connectivity index (χ1) is 9.14. The molecule has 6 heteroatoms. The summed E-state index contributed by atoms with van der Waals surface area (Å²) < 4.78 is 0. The van der Waals surface area contributed by atoms with Crippen LogP contribution >= 0.6 is 0 Å². The second-order valence-corrected chi connectivity index (χ2v) is 4.58. The van der Waals surface area contributed by atoms with Crippen LogP contribution in [-0.2, 0) is 6.42 Å². The van der Waals surface area contributed by atoms with Crippen molar-refractivity contribution in [3.05, 3.63) is 11.9 Å². The van der Waals surface area contributed by atoms with Gasteiger partial charge in [-0.15, -0.1) is 0 Å². The van der Waals surface area contributed by atoms with Gasteiger partial charge in [0.15, 0.2) is 0 Å². The fourth-order valence-electron chi connectivity index (χ4n) is 2.03. The number of nitrogens with one attached hydrogen (secondary N) is 2. The van der Waals surface area contributed by atoms with Crippen LogP contribution in [0.3, 0.4) is 0 Å². The Labute approximate surface area is 114 Å². The van der Waals surface area contributed by atoms with Crippen molar-refractivity contribution in [1.82, 2.24) is 9.97 Å². The first-order valence-corrected chi connectivity index (χ1v) is 6.91. The molecule has 6 nitrogen and oxygen atoms in total. The van der Waals surface area contributed by atoms with Gasteiger partial charge in [0.05, 0.1) is 6.10 Å². The Morgan fingerprint density at radius 2 is 1.84 bits per heavy atom. The fraction of sp³-hybridized carbons (Fsp3) is 0.692. The molecule has 0 aliphatic rings. The van der Waals surface area contributed by atoms with Crippen LogP contribution in [0.25, 0.3) is 0 Å². The van der Waals surface area contributed by atoms with Gasteiger partial charge in [-0.25, -0.2) is 15.8 Å². The molecular weight excluding hydrogens is 242 g/mol. The summed E-state index contributed by atoms with van der Waals surface area (Å²) in [5.74, 6) is 7.66. The zero-order valence-corrected chi connectivity index (χ0v) is 12.0. The van der Waals surface area contributed by atoms with Gasteiger partial charge in [0, 0.05) is 19.0 Å².